The van der Waals surface area contributed by atoms with Crippen molar-refractivity contribution in [1.82, 2.24) is 0 Å². The second kappa shape index (κ2) is 11.8. The SMILES string of the molecule is C(=C\c1ccccc1)/CC(/C=C/c1ccc(-c2ccccc2)cc1)c1ccc(-c2ccccc2)cc1. The van der Waals surface area contributed by atoms with Crippen molar-refractivity contribution in [2.24, 2.45) is 0 Å². The Morgan fingerprint density at radius 3 is 1.42 bits per heavy atom. The summed E-state index contributed by atoms with van der Waals surface area (Å²) in [4.78, 5) is 0. The quantitative estimate of drug-likeness (QED) is 0.215. The molecular weight excluding hydrogens is 432 g/mol. The van der Waals surface area contributed by atoms with E-state index in [0.29, 0.717) is 5.92 Å². The Morgan fingerprint density at radius 1 is 0.417 bits per heavy atom. The molecule has 1 unspecified atom stereocenters. The molecule has 1 atom stereocenters. The van der Waals surface area contributed by atoms with Gasteiger partial charge in [0.1, 0.15) is 0 Å². The maximum absolute atomic E-state index is 2.34. The highest BCUT2D eigenvalue weighted by Gasteiger charge is 2.08. The Morgan fingerprint density at radius 2 is 0.861 bits per heavy atom. The first-order chi connectivity index (χ1) is 17.8. The fourth-order valence-electron chi connectivity index (χ4n) is 4.44. The summed E-state index contributed by atoms with van der Waals surface area (Å²) in [5.41, 5.74) is 8.76. The molecule has 0 bridgehead atoms. The van der Waals surface area contributed by atoms with E-state index in [-0.39, 0.29) is 0 Å². The Kier molecular flexibility index (Phi) is 7.66. The van der Waals surface area contributed by atoms with Crippen molar-refractivity contribution in [1.29, 1.82) is 0 Å². The Hall–Kier alpha value is -4.42. The summed E-state index contributed by atoms with van der Waals surface area (Å²) >= 11 is 0. The van der Waals surface area contributed by atoms with Crippen LogP contribution in [-0.2, 0) is 0 Å². The first kappa shape index (κ1) is 23.3. The third-order valence-corrected chi connectivity index (χ3v) is 6.48. The largest absolute Gasteiger partial charge is 0.0830 e. The van der Waals surface area contributed by atoms with Crippen LogP contribution in [0, 0.1) is 0 Å². The third kappa shape index (κ3) is 6.17. The minimum absolute atomic E-state index is 0.295. The molecule has 0 spiro atoms. The maximum atomic E-state index is 2.34. The zero-order valence-corrected chi connectivity index (χ0v) is 20.4. The van der Waals surface area contributed by atoms with E-state index in [4.69, 9.17) is 0 Å². The molecule has 0 aromatic heterocycles. The number of allylic oxidation sites excluding steroid dienone is 2. The molecule has 0 aliphatic carbocycles. The summed E-state index contributed by atoms with van der Waals surface area (Å²) < 4.78 is 0. The van der Waals surface area contributed by atoms with E-state index in [9.17, 15) is 0 Å². The second-order valence-electron chi connectivity index (χ2n) is 8.99. The minimum Gasteiger partial charge on any atom is -0.0830 e. The van der Waals surface area contributed by atoms with E-state index in [2.05, 4.69) is 164 Å². The predicted octanol–water partition coefficient (Wildman–Crippen LogP) is 9.92. The molecule has 174 valence electrons. The van der Waals surface area contributed by atoms with Crippen molar-refractivity contribution >= 4 is 12.2 Å². The fraction of sp³-hybridized carbons (Fsp3) is 0.0556. The summed E-state index contributed by atoms with van der Waals surface area (Å²) in [6.07, 6.45) is 10.0. The molecule has 0 fully saturated rings. The van der Waals surface area contributed by atoms with Crippen molar-refractivity contribution in [3.8, 4) is 22.3 Å². The van der Waals surface area contributed by atoms with E-state index in [1.807, 2.05) is 0 Å². The van der Waals surface area contributed by atoms with Gasteiger partial charge in [-0.15, -0.1) is 0 Å². The van der Waals surface area contributed by atoms with Crippen LogP contribution in [0.3, 0.4) is 0 Å². The van der Waals surface area contributed by atoms with Gasteiger partial charge in [0, 0.05) is 5.92 Å². The van der Waals surface area contributed by atoms with E-state index in [1.165, 1.54) is 38.9 Å². The summed E-state index contributed by atoms with van der Waals surface area (Å²) in [5.74, 6) is 0.295. The summed E-state index contributed by atoms with van der Waals surface area (Å²) in [6.45, 7) is 0. The molecule has 0 heteroatoms. The molecule has 0 amide bonds. The van der Waals surface area contributed by atoms with Gasteiger partial charge in [-0.3, -0.25) is 0 Å². The Labute approximate surface area is 214 Å². The molecule has 5 rings (SSSR count). The first-order valence-corrected chi connectivity index (χ1v) is 12.6. The van der Waals surface area contributed by atoms with Gasteiger partial charge in [0.2, 0.25) is 0 Å². The average molecular weight is 463 g/mol. The van der Waals surface area contributed by atoms with Crippen molar-refractivity contribution < 1.29 is 0 Å². The van der Waals surface area contributed by atoms with Crippen LogP contribution in [0.25, 0.3) is 34.4 Å². The zero-order chi connectivity index (χ0) is 24.4. The lowest BCUT2D eigenvalue weighted by Crippen LogP contribution is -1.94. The van der Waals surface area contributed by atoms with Crippen LogP contribution < -0.4 is 0 Å². The first-order valence-electron chi connectivity index (χ1n) is 12.6. The van der Waals surface area contributed by atoms with Crippen molar-refractivity contribution in [3.63, 3.8) is 0 Å². The summed E-state index contributed by atoms with van der Waals surface area (Å²) in [6, 6.07) is 49.4. The molecule has 0 nitrogen and oxygen atoms in total. The molecule has 0 radical (unpaired) electrons. The predicted molar refractivity (Wildman–Crippen MR) is 156 cm³/mol. The highest BCUT2D eigenvalue weighted by Crippen LogP contribution is 2.27. The molecule has 0 aliphatic heterocycles. The van der Waals surface area contributed by atoms with Crippen LogP contribution in [0.4, 0.5) is 0 Å². The van der Waals surface area contributed by atoms with Gasteiger partial charge in [-0.2, -0.15) is 0 Å². The minimum atomic E-state index is 0.295. The van der Waals surface area contributed by atoms with Crippen LogP contribution in [0.5, 0.6) is 0 Å². The molecule has 0 aliphatic rings. The normalized spacial score (nSPS) is 12.2. The molecule has 0 N–H and O–H groups in total. The fourth-order valence-corrected chi connectivity index (χ4v) is 4.44. The molecule has 5 aromatic carbocycles. The lowest BCUT2D eigenvalue weighted by atomic mass is 9.92. The van der Waals surface area contributed by atoms with Gasteiger partial charge in [-0.1, -0.05) is 164 Å². The van der Waals surface area contributed by atoms with Gasteiger partial charge < -0.3 is 0 Å². The highest BCUT2D eigenvalue weighted by molar-refractivity contribution is 5.66. The molecular formula is C36H30. The van der Waals surface area contributed by atoms with E-state index in [0.717, 1.165) is 6.42 Å². The number of hydrogen-bond acceptors (Lipinski definition) is 0. The van der Waals surface area contributed by atoms with Gasteiger partial charge in [0.05, 0.1) is 0 Å². The van der Waals surface area contributed by atoms with Crippen LogP contribution in [0.1, 0.15) is 29.0 Å². The molecule has 36 heavy (non-hydrogen) atoms. The lowest BCUT2D eigenvalue weighted by Gasteiger charge is -2.13. The van der Waals surface area contributed by atoms with Crippen LogP contribution in [-0.4, -0.2) is 0 Å². The lowest BCUT2D eigenvalue weighted by molar-refractivity contribution is 0.870. The molecule has 0 saturated heterocycles. The number of hydrogen-bond donors (Lipinski definition) is 0. The van der Waals surface area contributed by atoms with Gasteiger partial charge >= 0.3 is 0 Å². The zero-order valence-electron chi connectivity index (χ0n) is 20.4. The van der Waals surface area contributed by atoms with E-state index < -0.39 is 0 Å². The monoisotopic (exact) mass is 462 g/mol. The van der Waals surface area contributed by atoms with Gasteiger partial charge in [0.25, 0.3) is 0 Å². The standard InChI is InChI=1S/C36H30/c1-4-11-29(12-5-1)13-10-18-33(36-27-25-35(26-28-36)32-16-8-3-9-17-32)22-19-30-20-23-34(24-21-30)31-14-6-2-7-15-31/h1-17,19-28,33H,18H2/b13-10+,22-19+. The average Bonchev–Trinajstić information content (AvgIpc) is 2.97. The van der Waals surface area contributed by atoms with Crippen LogP contribution >= 0.6 is 0 Å². The molecule has 5 aromatic rings. The van der Waals surface area contributed by atoms with Crippen LogP contribution in [0.15, 0.2) is 152 Å². The van der Waals surface area contributed by atoms with Gasteiger partial charge in [0.15, 0.2) is 0 Å². The van der Waals surface area contributed by atoms with Gasteiger partial charge in [-0.05, 0) is 45.4 Å². The smallest absolute Gasteiger partial charge is 0.00559 e. The molecule has 0 saturated carbocycles. The van der Waals surface area contributed by atoms with Crippen molar-refractivity contribution in [3.05, 3.63) is 168 Å². The summed E-state index contributed by atoms with van der Waals surface area (Å²) in [5, 5.41) is 0. The topological polar surface area (TPSA) is 0 Å². The van der Waals surface area contributed by atoms with Gasteiger partial charge in [-0.25, -0.2) is 0 Å². The Balaban J connectivity index is 1.36. The van der Waals surface area contributed by atoms with Crippen molar-refractivity contribution in [2.75, 3.05) is 0 Å². The number of rotatable bonds is 8. The highest BCUT2D eigenvalue weighted by atomic mass is 14.1. The third-order valence-electron chi connectivity index (χ3n) is 6.48. The van der Waals surface area contributed by atoms with Crippen molar-refractivity contribution in [2.45, 2.75) is 12.3 Å². The summed E-state index contributed by atoms with van der Waals surface area (Å²) in [7, 11) is 0. The van der Waals surface area contributed by atoms with E-state index >= 15 is 0 Å². The Bertz CT molecular complexity index is 1390. The molecule has 0 heterocycles. The maximum Gasteiger partial charge on any atom is 0.00559 e. The van der Waals surface area contributed by atoms with Crippen LogP contribution in [0.2, 0.25) is 0 Å². The number of benzene rings is 5. The second-order valence-corrected chi connectivity index (χ2v) is 8.99. The van der Waals surface area contributed by atoms with E-state index in [1.54, 1.807) is 0 Å².